The van der Waals surface area contributed by atoms with Gasteiger partial charge in [0, 0.05) is 33.8 Å². The minimum Gasteiger partial charge on any atom is -0.491 e. The SMILES string of the molecule is Cn1c(=O)n(C)c2cc([C@H](O)COc3ccc(CNC[C@H]4CCCO4)cc3)ccc21. The fraction of sp³-hybridized carbons (Fsp3) is 0.435. The predicted octanol–water partition coefficient (Wildman–Crippen LogP) is 2.26. The number of hydrogen-bond acceptors (Lipinski definition) is 5. The molecule has 0 radical (unpaired) electrons. The third-order valence-corrected chi connectivity index (χ3v) is 5.74. The number of nitrogens with one attached hydrogen (secondary N) is 1. The third-order valence-electron chi connectivity index (χ3n) is 5.74. The Labute approximate surface area is 175 Å². The molecule has 0 unspecified atom stereocenters. The van der Waals surface area contributed by atoms with E-state index in [1.165, 1.54) is 5.56 Å². The van der Waals surface area contributed by atoms with Crippen LogP contribution in [0.25, 0.3) is 11.0 Å². The van der Waals surface area contributed by atoms with Crippen molar-refractivity contribution in [3.63, 3.8) is 0 Å². The molecule has 2 atom stereocenters. The summed E-state index contributed by atoms with van der Waals surface area (Å²) in [6.07, 6.45) is 1.85. The first-order valence-corrected chi connectivity index (χ1v) is 10.4. The van der Waals surface area contributed by atoms with E-state index in [-0.39, 0.29) is 12.3 Å². The summed E-state index contributed by atoms with van der Waals surface area (Å²) in [5.74, 6) is 0.713. The zero-order valence-electron chi connectivity index (χ0n) is 17.5. The van der Waals surface area contributed by atoms with Crippen LogP contribution >= 0.6 is 0 Å². The maximum Gasteiger partial charge on any atom is 0.328 e. The van der Waals surface area contributed by atoms with Crippen LogP contribution in [0.2, 0.25) is 0 Å². The molecule has 4 rings (SSSR count). The molecule has 0 amide bonds. The molecule has 1 aliphatic rings. The number of ether oxygens (including phenoxy) is 2. The van der Waals surface area contributed by atoms with Crippen molar-refractivity contribution >= 4 is 11.0 Å². The molecule has 2 heterocycles. The lowest BCUT2D eigenvalue weighted by molar-refractivity contribution is 0.108. The monoisotopic (exact) mass is 411 g/mol. The standard InChI is InChI=1S/C23H29N3O4/c1-25-20-10-7-17(12-21(20)26(2)23(25)28)22(27)15-30-18-8-5-16(6-9-18)13-24-14-19-4-3-11-29-19/h5-10,12,19,22,24,27H,3-4,11,13-15H2,1-2H3/t19-,22-/m1/s1. The van der Waals surface area contributed by atoms with Gasteiger partial charge in [-0.3, -0.25) is 9.13 Å². The first-order chi connectivity index (χ1) is 14.5. The molecule has 2 N–H and O–H groups in total. The van der Waals surface area contributed by atoms with E-state index in [2.05, 4.69) is 5.32 Å². The highest BCUT2D eigenvalue weighted by atomic mass is 16.5. The first-order valence-electron chi connectivity index (χ1n) is 10.4. The summed E-state index contributed by atoms with van der Waals surface area (Å²) in [6, 6.07) is 13.4. The normalized spacial score (nSPS) is 17.5. The fourth-order valence-corrected chi connectivity index (χ4v) is 3.89. The van der Waals surface area contributed by atoms with Gasteiger partial charge in [0.1, 0.15) is 18.5 Å². The first kappa shape index (κ1) is 20.7. The van der Waals surface area contributed by atoms with Crippen LogP contribution in [0, 0.1) is 0 Å². The number of rotatable bonds is 8. The maximum atomic E-state index is 12.1. The van der Waals surface area contributed by atoms with Gasteiger partial charge in [-0.1, -0.05) is 18.2 Å². The Morgan fingerprint density at radius 2 is 1.93 bits per heavy atom. The Balaban J connectivity index is 1.31. The summed E-state index contributed by atoms with van der Waals surface area (Å²) in [6.45, 7) is 2.69. The number of nitrogens with zero attached hydrogens (tertiary/aromatic N) is 2. The Morgan fingerprint density at radius 3 is 2.67 bits per heavy atom. The van der Waals surface area contributed by atoms with E-state index in [0.29, 0.717) is 11.9 Å². The third kappa shape index (κ3) is 4.43. The summed E-state index contributed by atoms with van der Waals surface area (Å²) >= 11 is 0. The van der Waals surface area contributed by atoms with Crippen LogP contribution in [0.15, 0.2) is 47.3 Å². The molecule has 1 fully saturated rings. The van der Waals surface area contributed by atoms with Gasteiger partial charge in [-0.25, -0.2) is 4.79 Å². The van der Waals surface area contributed by atoms with E-state index in [9.17, 15) is 9.90 Å². The van der Waals surface area contributed by atoms with Crippen molar-refractivity contribution in [2.75, 3.05) is 19.8 Å². The van der Waals surface area contributed by atoms with Gasteiger partial charge in [0.2, 0.25) is 0 Å². The van der Waals surface area contributed by atoms with Gasteiger partial charge < -0.3 is 19.9 Å². The smallest absolute Gasteiger partial charge is 0.328 e. The van der Waals surface area contributed by atoms with Crippen molar-refractivity contribution in [1.29, 1.82) is 0 Å². The number of benzene rings is 2. The lowest BCUT2D eigenvalue weighted by Crippen LogP contribution is -2.25. The average Bonchev–Trinajstić information content (AvgIpc) is 3.36. The lowest BCUT2D eigenvalue weighted by Gasteiger charge is -2.14. The van der Waals surface area contributed by atoms with Crippen molar-refractivity contribution in [3.05, 3.63) is 64.1 Å². The second-order valence-electron chi connectivity index (χ2n) is 7.89. The molecule has 3 aromatic rings. The van der Waals surface area contributed by atoms with Crippen LogP contribution in [-0.4, -0.2) is 40.1 Å². The molecule has 1 aliphatic heterocycles. The van der Waals surface area contributed by atoms with Crippen LogP contribution in [0.4, 0.5) is 0 Å². The highest BCUT2D eigenvalue weighted by Crippen LogP contribution is 2.21. The topological polar surface area (TPSA) is 77.7 Å². The number of aliphatic hydroxyl groups excluding tert-OH is 1. The number of fused-ring (bicyclic) bond motifs is 1. The summed E-state index contributed by atoms with van der Waals surface area (Å²) in [5, 5.41) is 14.0. The van der Waals surface area contributed by atoms with Crippen molar-refractivity contribution in [2.45, 2.75) is 31.6 Å². The van der Waals surface area contributed by atoms with Gasteiger partial charge in [-0.15, -0.1) is 0 Å². The van der Waals surface area contributed by atoms with Gasteiger partial charge in [0.05, 0.1) is 17.1 Å². The van der Waals surface area contributed by atoms with E-state index < -0.39 is 6.10 Å². The molecule has 7 nitrogen and oxygen atoms in total. The molecule has 0 bridgehead atoms. The van der Waals surface area contributed by atoms with Crippen LogP contribution in [0.1, 0.15) is 30.1 Å². The highest BCUT2D eigenvalue weighted by molar-refractivity contribution is 5.76. The fourth-order valence-electron chi connectivity index (χ4n) is 3.89. The lowest BCUT2D eigenvalue weighted by atomic mass is 10.1. The van der Waals surface area contributed by atoms with Crippen LogP contribution in [0.3, 0.4) is 0 Å². The molecule has 0 aliphatic carbocycles. The second-order valence-corrected chi connectivity index (χ2v) is 7.89. The maximum absolute atomic E-state index is 12.1. The molecular formula is C23H29N3O4. The van der Waals surface area contributed by atoms with Crippen LogP contribution in [0.5, 0.6) is 5.75 Å². The summed E-state index contributed by atoms with van der Waals surface area (Å²) in [7, 11) is 3.47. The van der Waals surface area contributed by atoms with Gasteiger partial charge >= 0.3 is 5.69 Å². The number of hydrogen-bond donors (Lipinski definition) is 2. The molecule has 1 aromatic heterocycles. The van der Waals surface area contributed by atoms with E-state index >= 15 is 0 Å². The van der Waals surface area contributed by atoms with E-state index in [0.717, 1.165) is 49.1 Å². The highest BCUT2D eigenvalue weighted by Gasteiger charge is 2.15. The molecule has 7 heteroatoms. The Hall–Kier alpha value is -2.61. The molecule has 0 spiro atoms. The minimum atomic E-state index is -0.780. The molecule has 0 saturated carbocycles. The van der Waals surface area contributed by atoms with Crippen molar-refractivity contribution < 1.29 is 14.6 Å². The van der Waals surface area contributed by atoms with Crippen molar-refractivity contribution in [3.8, 4) is 5.75 Å². The van der Waals surface area contributed by atoms with Gasteiger partial charge in [-0.2, -0.15) is 0 Å². The Kier molecular flexibility index (Phi) is 6.22. The Morgan fingerprint density at radius 1 is 1.17 bits per heavy atom. The number of aliphatic hydroxyl groups is 1. The molecule has 1 saturated heterocycles. The minimum absolute atomic E-state index is 0.0850. The number of aryl methyl sites for hydroxylation is 2. The predicted molar refractivity (Wildman–Crippen MR) is 116 cm³/mol. The summed E-state index contributed by atoms with van der Waals surface area (Å²) in [4.78, 5) is 12.1. The van der Waals surface area contributed by atoms with Crippen LogP contribution in [-0.2, 0) is 25.4 Å². The number of aromatic nitrogens is 2. The Bertz CT molecular complexity index is 1050. The van der Waals surface area contributed by atoms with Gasteiger partial charge in [0.25, 0.3) is 0 Å². The second kappa shape index (κ2) is 9.04. The summed E-state index contributed by atoms with van der Waals surface area (Å²) < 4.78 is 14.6. The van der Waals surface area contributed by atoms with Gasteiger partial charge in [-0.05, 0) is 48.2 Å². The van der Waals surface area contributed by atoms with Crippen molar-refractivity contribution in [1.82, 2.24) is 14.5 Å². The number of imidazole rings is 1. The molecule has 2 aromatic carbocycles. The zero-order valence-corrected chi connectivity index (χ0v) is 17.5. The summed E-state index contributed by atoms with van der Waals surface area (Å²) in [5.41, 5.74) is 3.44. The van der Waals surface area contributed by atoms with Crippen LogP contribution < -0.4 is 15.7 Å². The van der Waals surface area contributed by atoms with Crippen molar-refractivity contribution in [2.24, 2.45) is 14.1 Å². The molecule has 30 heavy (non-hydrogen) atoms. The molecule has 160 valence electrons. The van der Waals surface area contributed by atoms with E-state index in [4.69, 9.17) is 9.47 Å². The molecular weight excluding hydrogens is 382 g/mol. The zero-order chi connectivity index (χ0) is 21.1. The van der Waals surface area contributed by atoms with E-state index in [1.807, 2.05) is 42.5 Å². The van der Waals surface area contributed by atoms with E-state index in [1.54, 1.807) is 23.2 Å². The van der Waals surface area contributed by atoms with Gasteiger partial charge in [0.15, 0.2) is 0 Å². The largest absolute Gasteiger partial charge is 0.491 e. The quantitative estimate of drug-likeness (QED) is 0.595. The average molecular weight is 412 g/mol.